The molecule has 1 saturated heterocycles. The van der Waals surface area contributed by atoms with Crippen LogP contribution in [0.25, 0.3) is 0 Å². The van der Waals surface area contributed by atoms with Gasteiger partial charge in [-0.2, -0.15) is 0 Å². The molecule has 0 bridgehead atoms. The summed E-state index contributed by atoms with van der Waals surface area (Å²) in [6.07, 6.45) is 1.54. The molecule has 5 nitrogen and oxygen atoms in total. The van der Waals surface area contributed by atoms with Crippen LogP contribution < -0.4 is 10.6 Å². The van der Waals surface area contributed by atoms with E-state index in [4.69, 9.17) is 5.11 Å². The first kappa shape index (κ1) is 13.0. The number of piperidine rings is 1. The number of amides is 2. The smallest absolute Gasteiger partial charge is 0.225 e. The summed E-state index contributed by atoms with van der Waals surface area (Å²) < 4.78 is 0. The zero-order chi connectivity index (χ0) is 12.2. The van der Waals surface area contributed by atoms with Gasteiger partial charge in [0.2, 0.25) is 11.8 Å². The SMILES string of the molecule is CC(C)(CCO)NC(=O)C1CCC(=O)NC1. The molecule has 5 heteroatoms. The molecular weight excluding hydrogens is 208 g/mol. The van der Waals surface area contributed by atoms with Crippen LogP contribution in [-0.4, -0.2) is 35.6 Å². The molecule has 1 heterocycles. The van der Waals surface area contributed by atoms with Gasteiger partial charge in [0, 0.05) is 25.1 Å². The number of carbonyl (C=O) groups is 2. The topological polar surface area (TPSA) is 78.4 Å². The first-order valence-electron chi connectivity index (χ1n) is 5.64. The summed E-state index contributed by atoms with van der Waals surface area (Å²) in [6, 6.07) is 0. The molecule has 2 amide bonds. The summed E-state index contributed by atoms with van der Waals surface area (Å²) in [7, 11) is 0. The van der Waals surface area contributed by atoms with Crippen LogP contribution in [0.5, 0.6) is 0 Å². The normalized spacial score (nSPS) is 21.4. The largest absolute Gasteiger partial charge is 0.396 e. The van der Waals surface area contributed by atoms with Crippen LogP contribution in [0.1, 0.15) is 33.1 Å². The molecule has 16 heavy (non-hydrogen) atoms. The fourth-order valence-corrected chi connectivity index (χ4v) is 1.73. The second-order valence-electron chi connectivity index (χ2n) is 4.89. The number of carbonyl (C=O) groups excluding carboxylic acids is 2. The molecule has 92 valence electrons. The van der Waals surface area contributed by atoms with E-state index in [1.807, 2.05) is 13.8 Å². The van der Waals surface area contributed by atoms with Gasteiger partial charge in [0.25, 0.3) is 0 Å². The molecule has 1 rings (SSSR count). The van der Waals surface area contributed by atoms with Crippen molar-refractivity contribution in [1.29, 1.82) is 0 Å². The number of rotatable bonds is 4. The first-order chi connectivity index (χ1) is 7.44. The Bertz CT molecular complexity index is 266. The maximum Gasteiger partial charge on any atom is 0.225 e. The van der Waals surface area contributed by atoms with Crippen LogP contribution >= 0.6 is 0 Å². The zero-order valence-electron chi connectivity index (χ0n) is 9.88. The molecule has 1 atom stereocenters. The summed E-state index contributed by atoms with van der Waals surface area (Å²) in [4.78, 5) is 22.8. The number of hydrogen-bond acceptors (Lipinski definition) is 3. The minimum absolute atomic E-state index is 0.0127. The van der Waals surface area contributed by atoms with Gasteiger partial charge in [0.1, 0.15) is 0 Å². The highest BCUT2D eigenvalue weighted by atomic mass is 16.3. The minimum atomic E-state index is -0.396. The molecule has 1 aliphatic heterocycles. The van der Waals surface area contributed by atoms with E-state index in [1.165, 1.54) is 0 Å². The third-order valence-corrected chi connectivity index (χ3v) is 2.83. The maximum absolute atomic E-state index is 11.9. The molecule has 3 N–H and O–H groups in total. The second-order valence-corrected chi connectivity index (χ2v) is 4.89. The monoisotopic (exact) mass is 228 g/mol. The van der Waals surface area contributed by atoms with Gasteiger partial charge in [-0.1, -0.05) is 0 Å². The molecule has 1 unspecified atom stereocenters. The molecule has 1 aliphatic rings. The van der Waals surface area contributed by atoms with Crippen LogP contribution in [-0.2, 0) is 9.59 Å². The lowest BCUT2D eigenvalue weighted by atomic mass is 9.95. The summed E-state index contributed by atoms with van der Waals surface area (Å²) >= 11 is 0. The number of hydrogen-bond donors (Lipinski definition) is 3. The summed E-state index contributed by atoms with van der Waals surface area (Å²) in [5.41, 5.74) is -0.396. The van der Waals surface area contributed by atoms with Crippen molar-refractivity contribution in [2.45, 2.75) is 38.6 Å². The van der Waals surface area contributed by atoms with E-state index in [-0.39, 0.29) is 24.3 Å². The molecule has 0 aromatic carbocycles. The lowest BCUT2D eigenvalue weighted by Crippen LogP contribution is -2.50. The van der Waals surface area contributed by atoms with Crippen molar-refractivity contribution in [1.82, 2.24) is 10.6 Å². The van der Waals surface area contributed by atoms with Gasteiger partial charge in [-0.25, -0.2) is 0 Å². The summed E-state index contributed by atoms with van der Waals surface area (Å²) in [5, 5.41) is 14.4. The summed E-state index contributed by atoms with van der Waals surface area (Å²) in [6.45, 7) is 4.22. The highest BCUT2D eigenvalue weighted by Crippen LogP contribution is 2.14. The molecule has 0 radical (unpaired) electrons. The van der Waals surface area contributed by atoms with Crippen molar-refractivity contribution in [3.63, 3.8) is 0 Å². The average Bonchev–Trinajstić information content (AvgIpc) is 2.17. The Morgan fingerprint density at radius 3 is 2.81 bits per heavy atom. The van der Waals surface area contributed by atoms with Crippen molar-refractivity contribution in [2.75, 3.05) is 13.2 Å². The Morgan fingerprint density at radius 1 is 1.62 bits per heavy atom. The first-order valence-corrected chi connectivity index (χ1v) is 5.64. The van der Waals surface area contributed by atoms with Gasteiger partial charge in [0.05, 0.1) is 5.92 Å². The molecule has 0 saturated carbocycles. The van der Waals surface area contributed by atoms with Crippen LogP contribution in [0.3, 0.4) is 0 Å². The fraction of sp³-hybridized carbons (Fsp3) is 0.818. The second kappa shape index (κ2) is 5.30. The third kappa shape index (κ3) is 3.81. The third-order valence-electron chi connectivity index (χ3n) is 2.83. The van der Waals surface area contributed by atoms with E-state index in [0.717, 1.165) is 0 Å². The highest BCUT2D eigenvalue weighted by molar-refractivity contribution is 5.84. The van der Waals surface area contributed by atoms with Gasteiger partial charge in [-0.3, -0.25) is 9.59 Å². The Hall–Kier alpha value is -1.10. The van der Waals surface area contributed by atoms with Crippen LogP contribution in [0.15, 0.2) is 0 Å². The van der Waals surface area contributed by atoms with Gasteiger partial charge < -0.3 is 15.7 Å². The lowest BCUT2D eigenvalue weighted by molar-refractivity contribution is -0.130. The van der Waals surface area contributed by atoms with Crippen LogP contribution in [0.4, 0.5) is 0 Å². The van der Waals surface area contributed by atoms with E-state index >= 15 is 0 Å². The van der Waals surface area contributed by atoms with E-state index in [1.54, 1.807) is 0 Å². The van der Waals surface area contributed by atoms with Crippen LogP contribution in [0, 0.1) is 5.92 Å². The van der Waals surface area contributed by atoms with Gasteiger partial charge >= 0.3 is 0 Å². The molecular formula is C11H20N2O3. The number of aliphatic hydroxyl groups excluding tert-OH is 1. The highest BCUT2D eigenvalue weighted by Gasteiger charge is 2.28. The Morgan fingerprint density at radius 2 is 2.31 bits per heavy atom. The molecule has 0 spiro atoms. The summed E-state index contributed by atoms with van der Waals surface area (Å²) in [5.74, 6) is -0.173. The number of nitrogens with one attached hydrogen (secondary N) is 2. The fourth-order valence-electron chi connectivity index (χ4n) is 1.73. The predicted molar refractivity (Wildman–Crippen MR) is 59.7 cm³/mol. The standard InChI is InChI=1S/C11H20N2O3/c1-11(2,5-6-14)13-10(16)8-3-4-9(15)12-7-8/h8,14H,3-7H2,1-2H3,(H,12,15)(H,13,16). The van der Waals surface area contributed by atoms with E-state index in [0.29, 0.717) is 25.8 Å². The molecule has 0 aromatic rings. The van der Waals surface area contributed by atoms with E-state index < -0.39 is 5.54 Å². The van der Waals surface area contributed by atoms with Gasteiger partial charge in [-0.15, -0.1) is 0 Å². The van der Waals surface area contributed by atoms with Crippen molar-refractivity contribution >= 4 is 11.8 Å². The Labute approximate surface area is 95.6 Å². The molecule has 1 fully saturated rings. The quantitative estimate of drug-likeness (QED) is 0.623. The van der Waals surface area contributed by atoms with Gasteiger partial charge in [0.15, 0.2) is 0 Å². The van der Waals surface area contributed by atoms with Crippen LogP contribution in [0.2, 0.25) is 0 Å². The molecule has 0 aliphatic carbocycles. The molecule has 0 aromatic heterocycles. The number of aliphatic hydroxyl groups is 1. The Kier molecular flexibility index (Phi) is 4.29. The zero-order valence-corrected chi connectivity index (χ0v) is 9.88. The van der Waals surface area contributed by atoms with Crippen molar-refractivity contribution < 1.29 is 14.7 Å². The average molecular weight is 228 g/mol. The lowest BCUT2D eigenvalue weighted by Gasteiger charge is -2.29. The van der Waals surface area contributed by atoms with E-state index in [9.17, 15) is 9.59 Å². The minimum Gasteiger partial charge on any atom is -0.396 e. The predicted octanol–water partition coefficient (Wildman–Crippen LogP) is -0.210. The van der Waals surface area contributed by atoms with E-state index in [2.05, 4.69) is 10.6 Å². The van der Waals surface area contributed by atoms with Crippen molar-refractivity contribution in [3.8, 4) is 0 Å². The van der Waals surface area contributed by atoms with Gasteiger partial charge in [-0.05, 0) is 26.7 Å². The van der Waals surface area contributed by atoms with Crippen molar-refractivity contribution in [2.24, 2.45) is 5.92 Å². The van der Waals surface area contributed by atoms with Crippen molar-refractivity contribution in [3.05, 3.63) is 0 Å². The maximum atomic E-state index is 11.9. The Balaban J connectivity index is 2.43.